The molecule has 0 bridgehead atoms. The fourth-order valence-corrected chi connectivity index (χ4v) is 2.17. The summed E-state index contributed by atoms with van der Waals surface area (Å²) in [5.41, 5.74) is 1.55. The molecular weight excluding hydrogens is 238 g/mol. The molecule has 5 heteroatoms. The number of aromatic carboxylic acids is 1. The Morgan fingerprint density at radius 1 is 1.41 bits per heavy atom. The van der Waals surface area contributed by atoms with E-state index in [4.69, 9.17) is 9.84 Å². The first kappa shape index (κ1) is 11.6. The fourth-order valence-electron chi connectivity index (χ4n) is 1.39. The average Bonchev–Trinajstić information content (AvgIpc) is 2.59. The first-order chi connectivity index (χ1) is 8.06. The molecule has 17 heavy (non-hydrogen) atoms. The summed E-state index contributed by atoms with van der Waals surface area (Å²) in [6.45, 7) is 3.62. The zero-order valence-corrected chi connectivity index (χ0v) is 10.2. The smallest absolute Gasteiger partial charge is 0.347 e. The molecule has 0 fully saturated rings. The van der Waals surface area contributed by atoms with Crippen LogP contribution in [0, 0.1) is 13.8 Å². The van der Waals surface area contributed by atoms with Crippen LogP contribution in [0.15, 0.2) is 24.3 Å². The molecule has 1 N–H and O–H groups in total. The predicted molar refractivity (Wildman–Crippen MR) is 65.1 cm³/mol. The van der Waals surface area contributed by atoms with Gasteiger partial charge >= 0.3 is 5.97 Å². The topological polar surface area (TPSA) is 59.4 Å². The molecule has 0 saturated carbocycles. The van der Waals surface area contributed by atoms with E-state index in [1.165, 1.54) is 0 Å². The molecule has 0 saturated heterocycles. The van der Waals surface area contributed by atoms with Gasteiger partial charge in [-0.05, 0) is 31.5 Å². The summed E-state index contributed by atoms with van der Waals surface area (Å²) in [7, 11) is 0. The highest BCUT2D eigenvalue weighted by Crippen LogP contribution is 2.29. The maximum absolute atomic E-state index is 10.9. The van der Waals surface area contributed by atoms with Gasteiger partial charge < -0.3 is 9.84 Å². The number of aromatic nitrogens is 1. The Hall–Kier alpha value is -1.88. The third kappa shape index (κ3) is 2.62. The third-order valence-electron chi connectivity index (χ3n) is 2.17. The van der Waals surface area contributed by atoms with Crippen LogP contribution in [-0.2, 0) is 0 Å². The number of carboxylic acids is 1. The van der Waals surface area contributed by atoms with Crippen LogP contribution >= 0.6 is 11.3 Å². The molecule has 0 aliphatic rings. The molecule has 88 valence electrons. The molecule has 4 nitrogen and oxygen atoms in total. The summed E-state index contributed by atoms with van der Waals surface area (Å²) in [5.74, 6) is -0.310. The molecule has 2 rings (SSSR count). The van der Waals surface area contributed by atoms with Crippen molar-refractivity contribution in [2.45, 2.75) is 13.8 Å². The van der Waals surface area contributed by atoms with Crippen LogP contribution in [0.3, 0.4) is 0 Å². The van der Waals surface area contributed by atoms with E-state index >= 15 is 0 Å². The highest BCUT2D eigenvalue weighted by Gasteiger charge is 2.15. The van der Waals surface area contributed by atoms with E-state index in [2.05, 4.69) is 4.98 Å². The molecule has 0 unspecified atom stereocenters. The van der Waals surface area contributed by atoms with Gasteiger partial charge in [-0.2, -0.15) is 0 Å². The molecule has 0 aliphatic carbocycles. The maximum atomic E-state index is 10.9. The van der Waals surface area contributed by atoms with Gasteiger partial charge in [0.15, 0.2) is 0 Å². The number of aryl methyl sites for hydroxylation is 2. The maximum Gasteiger partial charge on any atom is 0.347 e. The Morgan fingerprint density at radius 2 is 2.18 bits per heavy atom. The van der Waals surface area contributed by atoms with Gasteiger partial charge in [-0.15, -0.1) is 0 Å². The second kappa shape index (κ2) is 4.55. The minimum atomic E-state index is -0.973. The molecule has 1 aromatic carbocycles. The number of hydrogen-bond donors (Lipinski definition) is 1. The lowest BCUT2D eigenvalue weighted by Gasteiger charge is -2.01. The summed E-state index contributed by atoms with van der Waals surface area (Å²) < 4.78 is 5.51. The second-order valence-corrected chi connectivity index (χ2v) is 4.58. The summed E-state index contributed by atoms with van der Waals surface area (Å²) >= 11 is 1.04. The van der Waals surface area contributed by atoms with Gasteiger partial charge in [0.25, 0.3) is 5.19 Å². The van der Waals surface area contributed by atoms with Crippen molar-refractivity contribution in [3.8, 4) is 10.9 Å². The summed E-state index contributed by atoms with van der Waals surface area (Å²) in [6.07, 6.45) is 0. The lowest BCUT2D eigenvalue weighted by Crippen LogP contribution is -1.94. The monoisotopic (exact) mass is 249 g/mol. The van der Waals surface area contributed by atoms with Gasteiger partial charge in [0, 0.05) is 0 Å². The van der Waals surface area contributed by atoms with Crippen molar-refractivity contribution in [3.05, 3.63) is 40.4 Å². The lowest BCUT2D eigenvalue weighted by molar-refractivity contribution is 0.0701. The van der Waals surface area contributed by atoms with Gasteiger partial charge in [0.05, 0.1) is 5.69 Å². The minimum absolute atomic E-state index is 0.215. The van der Waals surface area contributed by atoms with Crippen molar-refractivity contribution in [1.29, 1.82) is 0 Å². The van der Waals surface area contributed by atoms with Crippen LogP contribution < -0.4 is 4.74 Å². The molecule has 0 radical (unpaired) electrons. The first-order valence-corrected chi connectivity index (χ1v) is 5.83. The molecule has 0 spiro atoms. The molecule has 2 aromatic rings. The number of benzene rings is 1. The van der Waals surface area contributed by atoms with E-state index in [1.54, 1.807) is 6.92 Å². The van der Waals surface area contributed by atoms with Crippen LogP contribution in [0.5, 0.6) is 10.9 Å². The number of thiazole rings is 1. The Morgan fingerprint density at radius 3 is 2.76 bits per heavy atom. The van der Waals surface area contributed by atoms with Crippen molar-refractivity contribution >= 4 is 17.3 Å². The number of carbonyl (C=O) groups is 1. The van der Waals surface area contributed by atoms with Crippen molar-refractivity contribution in [3.63, 3.8) is 0 Å². The molecule has 0 atom stereocenters. The Kier molecular flexibility index (Phi) is 3.10. The number of carboxylic acid groups (broad SMARTS) is 1. The van der Waals surface area contributed by atoms with E-state index < -0.39 is 5.97 Å². The fraction of sp³-hybridized carbons (Fsp3) is 0.167. The summed E-state index contributed by atoms with van der Waals surface area (Å²) in [4.78, 5) is 15.1. The third-order valence-corrected chi connectivity index (χ3v) is 3.19. The van der Waals surface area contributed by atoms with Crippen LogP contribution in [0.2, 0.25) is 0 Å². The van der Waals surface area contributed by atoms with Crippen LogP contribution in [0.1, 0.15) is 20.9 Å². The molecule has 1 aromatic heterocycles. The Bertz CT molecular complexity index is 563. The zero-order valence-electron chi connectivity index (χ0n) is 9.43. The van der Waals surface area contributed by atoms with Crippen LogP contribution in [-0.4, -0.2) is 16.1 Å². The van der Waals surface area contributed by atoms with E-state index in [1.807, 2.05) is 31.2 Å². The average molecular weight is 249 g/mol. The molecular formula is C12H11NO3S. The van der Waals surface area contributed by atoms with E-state index in [0.717, 1.165) is 16.9 Å². The van der Waals surface area contributed by atoms with Gasteiger partial charge in [0.1, 0.15) is 10.6 Å². The Labute approximate surface area is 103 Å². The normalized spacial score (nSPS) is 10.2. The first-order valence-electron chi connectivity index (χ1n) is 5.01. The van der Waals surface area contributed by atoms with Crippen molar-refractivity contribution < 1.29 is 14.6 Å². The number of ether oxygens (including phenoxy) is 1. The quantitative estimate of drug-likeness (QED) is 0.907. The standard InChI is InChI=1S/C12H11NO3S/c1-7-4-3-5-9(6-7)16-12-13-8(2)10(17-12)11(14)15/h3-6H,1-2H3,(H,14,15). The van der Waals surface area contributed by atoms with Crippen LogP contribution in [0.25, 0.3) is 0 Å². The van der Waals surface area contributed by atoms with Crippen molar-refractivity contribution in [1.82, 2.24) is 4.98 Å². The molecule has 1 heterocycles. The Balaban J connectivity index is 2.25. The second-order valence-electron chi connectivity index (χ2n) is 3.62. The number of hydrogen-bond acceptors (Lipinski definition) is 4. The largest absolute Gasteiger partial charge is 0.477 e. The van der Waals surface area contributed by atoms with E-state index in [0.29, 0.717) is 16.6 Å². The summed E-state index contributed by atoms with van der Waals surface area (Å²) in [6, 6.07) is 7.52. The molecule has 0 amide bonds. The van der Waals surface area contributed by atoms with E-state index in [9.17, 15) is 4.79 Å². The predicted octanol–water partition coefficient (Wildman–Crippen LogP) is 3.25. The van der Waals surface area contributed by atoms with Gasteiger partial charge in [-0.3, -0.25) is 0 Å². The van der Waals surface area contributed by atoms with Crippen LogP contribution in [0.4, 0.5) is 0 Å². The van der Waals surface area contributed by atoms with Gasteiger partial charge in [-0.25, -0.2) is 9.78 Å². The minimum Gasteiger partial charge on any atom is -0.477 e. The molecule has 0 aliphatic heterocycles. The SMILES string of the molecule is Cc1cccc(Oc2nc(C)c(C(=O)O)s2)c1. The lowest BCUT2D eigenvalue weighted by atomic mass is 10.2. The van der Waals surface area contributed by atoms with Crippen molar-refractivity contribution in [2.24, 2.45) is 0 Å². The van der Waals surface area contributed by atoms with Gasteiger partial charge in [0.2, 0.25) is 0 Å². The van der Waals surface area contributed by atoms with E-state index in [-0.39, 0.29) is 4.88 Å². The number of rotatable bonds is 3. The zero-order chi connectivity index (χ0) is 12.4. The number of nitrogens with zero attached hydrogens (tertiary/aromatic N) is 1. The summed E-state index contributed by atoms with van der Waals surface area (Å²) in [5, 5.41) is 9.26. The highest BCUT2D eigenvalue weighted by molar-refractivity contribution is 7.15. The van der Waals surface area contributed by atoms with Gasteiger partial charge in [-0.1, -0.05) is 23.5 Å². The van der Waals surface area contributed by atoms with Crippen molar-refractivity contribution in [2.75, 3.05) is 0 Å². The highest BCUT2D eigenvalue weighted by atomic mass is 32.1.